The fourth-order valence-corrected chi connectivity index (χ4v) is 2.24. The van der Waals surface area contributed by atoms with E-state index in [0.29, 0.717) is 6.03 Å². The lowest BCUT2D eigenvalue weighted by Gasteiger charge is -2.10. The van der Waals surface area contributed by atoms with E-state index in [-0.39, 0.29) is 12.2 Å². The van der Waals surface area contributed by atoms with Crippen molar-refractivity contribution in [3.05, 3.63) is 0 Å². The minimum atomic E-state index is -3.37. The molecule has 0 aliphatic heterocycles. The Morgan fingerprint density at radius 2 is 1.50 bits per heavy atom. The molecule has 2 aliphatic carbocycles. The fourth-order valence-electron chi connectivity index (χ4n) is 0.837. The summed E-state index contributed by atoms with van der Waals surface area (Å²) >= 11 is 0. The summed E-state index contributed by atoms with van der Waals surface area (Å²) in [6.45, 7) is 0. The molecule has 0 radical (unpaired) electrons. The van der Waals surface area contributed by atoms with E-state index in [2.05, 4.69) is 0 Å². The summed E-state index contributed by atoms with van der Waals surface area (Å²) in [7, 11) is -3.37. The summed E-state index contributed by atoms with van der Waals surface area (Å²) < 4.78 is 21.5. The zero-order valence-corrected chi connectivity index (χ0v) is 7.54. The summed E-state index contributed by atoms with van der Waals surface area (Å²) in [5, 5.41) is 0. The minimum absolute atomic E-state index is 0.000201. The van der Waals surface area contributed by atoms with Crippen LogP contribution < -0.4 is 0 Å². The van der Waals surface area contributed by atoms with Crippen LogP contribution in [0.3, 0.4) is 0 Å². The normalized spacial score (nSPS) is 24.0. The number of hydrogen-bond acceptors (Lipinski definition) is 4. The van der Waals surface area contributed by atoms with Gasteiger partial charge in [0.15, 0.2) is 0 Å². The Morgan fingerprint density at radius 1 is 1.08 bits per heavy atom. The molecular weight excluding hydrogens is 179 g/mol. The van der Waals surface area contributed by atoms with Gasteiger partial charge in [-0.15, -0.1) is 0 Å². The molecule has 2 fully saturated rings. The summed E-state index contributed by atoms with van der Waals surface area (Å²) in [6.07, 6.45) is 3.58. The Bertz CT molecular complexity index is 214. The standard InChI is InChI=1S/C7H11O4P/c8-5-12(9,10-6-1-2-6)11-7-3-4-7/h5-7H,1-4H2. The van der Waals surface area contributed by atoms with Crippen molar-refractivity contribution in [2.75, 3.05) is 0 Å². The molecule has 2 saturated carbocycles. The highest BCUT2D eigenvalue weighted by Crippen LogP contribution is 2.54. The zero-order valence-electron chi connectivity index (χ0n) is 6.64. The van der Waals surface area contributed by atoms with Crippen LogP contribution in [0.25, 0.3) is 0 Å². The minimum Gasteiger partial charge on any atom is -0.300 e. The highest BCUT2D eigenvalue weighted by molar-refractivity contribution is 7.69. The Hall–Kier alpha value is -0.180. The molecule has 0 aromatic rings. The maximum atomic E-state index is 11.5. The Kier molecular flexibility index (Phi) is 2.07. The molecule has 0 heterocycles. The van der Waals surface area contributed by atoms with Crippen molar-refractivity contribution in [3.63, 3.8) is 0 Å². The number of carbonyl (C=O) groups is 1. The van der Waals surface area contributed by atoms with E-state index in [0.717, 1.165) is 25.7 Å². The second-order valence-corrected chi connectivity index (χ2v) is 4.97. The van der Waals surface area contributed by atoms with Gasteiger partial charge in [0.2, 0.25) is 6.03 Å². The molecule has 68 valence electrons. The quantitative estimate of drug-likeness (QED) is 0.489. The molecule has 2 rings (SSSR count). The van der Waals surface area contributed by atoms with Crippen LogP contribution in [0, 0.1) is 0 Å². The van der Waals surface area contributed by atoms with E-state index in [1.54, 1.807) is 0 Å². The van der Waals surface area contributed by atoms with Gasteiger partial charge in [0.25, 0.3) is 0 Å². The first-order valence-corrected chi connectivity index (χ1v) is 5.76. The average Bonchev–Trinajstić information content (AvgIpc) is 2.85. The van der Waals surface area contributed by atoms with Crippen LogP contribution in [-0.4, -0.2) is 18.2 Å². The fraction of sp³-hybridized carbons (Fsp3) is 0.857. The van der Waals surface area contributed by atoms with Crippen LogP contribution in [-0.2, 0) is 18.4 Å². The van der Waals surface area contributed by atoms with Gasteiger partial charge in [-0.05, 0) is 25.7 Å². The molecule has 0 atom stereocenters. The molecule has 0 aromatic heterocycles. The first-order chi connectivity index (χ1) is 5.72. The van der Waals surface area contributed by atoms with E-state index in [1.807, 2.05) is 0 Å². The smallest absolute Gasteiger partial charge is 0.300 e. The second kappa shape index (κ2) is 2.95. The van der Waals surface area contributed by atoms with Crippen molar-refractivity contribution < 1.29 is 18.4 Å². The first-order valence-electron chi connectivity index (χ1n) is 4.15. The highest BCUT2D eigenvalue weighted by Gasteiger charge is 2.39. The third-order valence-corrected chi connectivity index (χ3v) is 3.21. The molecule has 5 heteroatoms. The lowest BCUT2D eigenvalue weighted by atomic mass is 10.9. The van der Waals surface area contributed by atoms with Crippen LogP contribution >= 0.6 is 7.60 Å². The largest absolute Gasteiger partial charge is 0.394 e. The maximum absolute atomic E-state index is 11.5. The van der Waals surface area contributed by atoms with Gasteiger partial charge in [-0.1, -0.05) is 0 Å². The number of rotatable bonds is 5. The zero-order chi connectivity index (χ0) is 8.60. The van der Waals surface area contributed by atoms with Gasteiger partial charge in [0, 0.05) is 0 Å². The lowest BCUT2D eigenvalue weighted by Crippen LogP contribution is -1.99. The van der Waals surface area contributed by atoms with Gasteiger partial charge in [-0.3, -0.25) is 9.36 Å². The van der Waals surface area contributed by atoms with Gasteiger partial charge < -0.3 is 9.05 Å². The topological polar surface area (TPSA) is 52.6 Å². The molecule has 0 spiro atoms. The van der Waals surface area contributed by atoms with E-state index < -0.39 is 7.60 Å². The van der Waals surface area contributed by atoms with Crippen molar-refractivity contribution in [2.45, 2.75) is 37.9 Å². The summed E-state index contributed by atoms with van der Waals surface area (Å²) in [5.41, 5.74) is 0. The molecule has 0 N–H and O–H groups in total. The molecular formula is C7H11O4P. The number of carbonyl (C=O) groups excluding carboxylic acids is 1. The van der Waals surface area contributed by atoms with Crippen molar-refractivity contribution >= 4 is 13.6 Å². The molecule has 12 heavy (non-hydrogen) atoms. The predicted octanol–water partition coefficient (Wildman–Crippen LogP) is 1.73. The average molecular weight is 190 g/mol. The third-order valence-electron chi connectivity index (χ3n) is 1.77. The van der Waals surface area contributed by atoms with Gasteiger partial charge in [-0.25, -0.2) is 0 Å². The Morgan fingerprint density at radius 3 is 1.75 bits per heavy atom. The predicted molar refractivity (Wildman–Crippen MR) is 42.6 cm³/mol. The SMILES string of the molecule is O=CP(=O)(OC1CC1)OC1CC1. The van der Waals surface area contributed by atoms with E-state index in [9.17, 15) is 9.36 Å². The van der Waals surface area contributed by atoms with Gasteiger partial charge in [-0.2, -0.15) is 0 Å². The van der Waals surface area contributed by atoms with Gasteiger partial charge >= 0.3 is 7.60 Å². The summed E-state index contributed by atoms with van der Waals surface area (Å²) in [4.78, 5) is 10.4. The van der Waals surface area contributed by atoms with Gasteiger partial charge in [0.1, 0.15) is 0 Å². The molecule has 0 amide bonds. The third kappa shape index (κ3) is 2.16. The van der Waals surface area contributed by atoms with E-state index in [4.69, 9.17) is 9.05 Å². The maximum Gasteiger partial charge on any atom is 0.394 e. The van der Waals surface area contributed by atoms with Crippen LogP contribution in [0.2, 0.25) is 0 Å². The van der Waals surface area contributed by atoms with Crippen LogP contribution in [0.15, 0.2) is 0 Å². The van der Waals surface area contributed by atoms with Crippen molar-refractivity contribution in [1.29, 1.82) is 0 Å². The summed E-state index contributed by atoms with van der Waals surface area (Å²) in [6, 6.07) is 0.323. The molecule has 0 bridgehead atoms. The van der Waals surface area contributed by atoms with Crippen LogP contribution in [0.4, 0.5) is 0 Å². The Labute approximate surface area is 70.8 Å². The van der Waals surface area contributed by atoms with Crippen LogP contribution in [0.1, 0.15) is 25.7 Å². The number of hydrogen-bond donors (Lipinski definition) is 0. The Balaban J connectivity index is 1.90. The molecule has 0 unspecified atom stereocenters. The molecule has 0 aromatic carbocycles. The van der Waals surface area contributed by atoms with Crippen molar-refractivity contribution in [1.82, 2.24) is 0 Å². The molecule has 4 nitrogen and oxygen atoms in total. The summed E-state index contributed by atoms with van der Waals surface area (Å²) in [5.74, 6) is 0. The van der Waals surface area contributed by atoms with E-state index in [1.165, 1.54) is 0 Å². The van der Waals surface area contributed by atoms with Crippen molar-refractivity contribution in [2.24, 2.45) is 0 Å². The lowest BCUT2D eigenvalue weighted by molar-refractivity contribution is 0.200. The van der Waals surface area contributed by atoms with Crippen LogP contribution in [0.5, 0.6) is 0 Å². The van der Waals surface area contributed by atoms with E-state index >= 15 is 0 Å². The molecule has 2 aliphatic rings. The molecule has 0 saturated heterocycles. The highest BCUT2D eigenvalue weighted by atomic mass is 31.2. The first kappa shape index (κ1) is 8.42. The monoisotopic (exact) mass is 190 g/mol. The van der Waals surface area contributed by atoms with Gasteiger partial charge in [0.05, 0.1) is 12.2 Å². The van der Waals surface area contributed by atoms with Crippen molar-refractivity contribution in [3.8, 4) is 0 Å². The second-order valence-electron chi connectivity index (χ2n) is 3.25.